The van der Waals surface area contributed by atoms with Crippen LogP contribution in [0.2, 0.25) is 0 Å². The third kappa shape index (κ3) is 3.10. The molecule has 1 aromatic rings. The number of carboxylic acid groups (broad SMARTS) is 1. The van der Waals surface area contributed by atoms with E-state index >= 15 is 0 Å². The van der Waals surface area contributed by atoms with Gasteiger partial charge in [-0.2, -0.15) is 0 Å². The number of piperidine rings is 1. The lowest BCUT2D eigenvalue weighted by Gasteiger charge is -2.31. The second kappa shape index (κ2) is 5.78. The molecule has 0 aromatic heterocycles. The van der Waals surface area contributed by atoms with Crippen LogP contribution in [0.25, 0.3) is 0 Å². The van der Waals surface area contributed by atoms with Gasteiger partial charge in [-0.05, 0) is 25.0 Å². The highest BCUT2D eigenvalue weighted by Crippen LogP contribution is 2.32. The quantitative estimate of drug-likeness (QED) is 0.629. The SMILES string of the molecule is NC(=O)c1ccc(N2CCC(C(=O)O)CC2)c([N+](=O)[O-])c1. The number of carbonyl (C=O) groups is 2. The summed E-state index contributed by atoms with van der Waals surface area (Å²) in [7, 11) is 0. The highest BCUT2D eigenvalue weighted by atomic mass is 16.6. The Kier molecular flexibility index (Phi) is 4.06. The van der Waals surface area contributed by atoms with Gasteiger partial charge < -0.3 is 15.7 Å². The summed E-state index contributed by atoms with van der Waals surface area (Å²) in [6, 6.07) is 4.08. The van der Waals surface area contributed by atoms with Crippen LogP contribution in [0.3, 0.4) is 0 Å². The van der Waals surface area contributed by atoms with Crippen molar-refractivity contribution in [3.05, 3.63) is 33.9 Å². The summed E-state index contributed by atoms with van der Waals surface area (Å²) in [6.45, 7) is 0.849. The van der Waals surface area contributed by atoms with Crippen LogP contribution < -0.4 is 10.6 Å². The summed E-state index contributed by atoms with van der Waals surface area (Å²) >= 11 is 0. The number of nitrogens with zero attached hydrogens (tertiary/aromatic N) is 2. The molecule has 0 spiro atoms. The maximum Gasteiger partial charge on any atom is 0.306 e. The monoisotopic (exact) mass is 293 g/mol. The molecule has 3 N–H and O–H groups in total. The van der Waals surface area contributed by atoms with Crippen molar-refractivity contribution in [3.63, 3.8) is 0 Å². The maximum absolute atomic E-state index is 11.1. The van der Waals surface area contributed by atoms with Gasteiger partial charge in [0.1, 0.15) is 5.69 Å². The van der Waals surface area contributed by atoms with E-state index in [9.17, 15) is 19.7 Å². The van der Waals surface area contributed by atoms with E-state index in [1.807, 2.05) is 0 Å². The zero-order chi connectivity index (χ0) is 15.6. The van der Waals surface area contributed by atoms with Gasteiger partial charge in [-0.1, -0.05) is 0 Å². The molecule has 0 radical (unpaired) electrons. The number of rotatable bonds is 4. The fourth-order valence-electron chi connectivity index (χ4n) is 2.46. The highest BCUT2D eigenvalue weighted by Gasteiger charge is 2.28. The predicted molar refractivity (Wildman–Crippen MR) is 74.2 cm³/mol. The molecule has 0 saturated carbocycles. The largest absolute Gasteiger partial charge is 0.481 e. The fourth-order valence-corrected chi connectivity index (χ4v) is 2.46. The molecule has 1 aliphatic heterocycles. The van der Waals surface area contributed by atoms with Gasteiger partial charge in [-0.3, -0.25) is 19.7 Å². The van der Waals surface area contributed by atoms with Crippen molar-refractivity contribution in [3.8, 4) is 0 Å². The second-order valence-electron chi connectivity index (χ2n) is 4.92. The molecule has 0 aliphatic carbocycles. The first-order valence-corrected chi connectivity index (χ1v) is 6.46. The van der Waals surface area contributed by atoms with Gasteiger partial charge in [0.25, 0.3) is 5.69 Å². The topological polar surface area (TPSA) is 127 Å². The number of carboxylic acids is 1. The van der Waals surface area contributed by atoms with Crippen LogP contribution in [0.15, 0.2) is 18.2 Å². The van der Waals surface area contributed by atoms with Crippen LogP contribution in [-0.2, 0) is 4.79 Å². The molecule has 1 aliphatic rings. The molecule has 1 fully saturated rings. The van der Waals surface area contributed by atoms with Crippen molar-refractivity contribution < 1.29 is 19.6 Å². The Balaban J connectivity index is 2.26. The van der Waals surface area contributed by atoms with E-state index in [0.29, 0.717) is 31.6 Å². The Morgan fingerprint density at radius 3 is 2.43 bits per heavy atom. The summed E-state index contributed by atoms with van der Waals surface area (Å²) in [5.41, 5.74) is 5.39. The van der Waals surface area contributed by atoms with Gasteiger partial charge in [-0.25, -0.2) is 0 Å². The van der Waals surface area contributed by atoms with E-state index in [-0.39, 0.29) is 11.3 Å². The van der Waals surface area contributed by atoms with Crippen LogP contribution in [0.1, 0.15) is 23.2 Å². The molecule has 1 saturated heterocycles. The van der Waals surface area contributed by atoms with Gasteiger partial charge in [-0.15, -0.1) is 0 Å². The first kappa shape index (κ1) is 14.8. The minimum absolute atomic E-state index is 0.0749. The van der Waals surface area contributed by atoms with Crippen molar-refractivity contribution in [1.82, 2.24) is 0 Å². The number of nitro groups is 1. The van der Waals surface area contributed by atoms with E-state index < -0.39 is 22.7 Å². The molecule has 2 rings (SSSR count). The highest BCUT2D eigenvalue weighted by molar-refractivity contribution is 5.94. The molecule has 0 atom stereocenters. The maximum atomic E-state index is 11.1. The summed E-state index contributed by atoms with van der Waals surface area (Å²) in [5.74, 6) is -1.98. The Hall–Kier alpha value is -2.64. The van der Waals surface area contributed by atoms with Gasteiger partial charge in [0.2, 0.25) is 5.91 Å². The van der Waals surface area contributed by atoms with Crippen LogP contribution in [-0.4, -0.2) is 35.0 Å². The van der Waals surface area contributed by atoms with Crippen LogP contribution >= 0.6 is 0 Å². The molecule has 8 nitrogen and oxygen atoms in total. The van der Waals surface area contributed by atoms with Gasteiger partial charge >= 0.3 is 5.97 Å². The summed E-state index contributed by atoms with van der Waals surface area (Å²) in [4.78, 5) is 34.4. The lowest BCUT2D eigenvalue weighted by Crippen LogP contribution is -2.36. The molecule has 0 bridgehead atoms. The minimum atomic E-state index is -0.840. The number of hydrogen-bond acceptors (Lipinski definition) is 5. The van der Waals surface area contributed by atoms with Crippen molar-refractivity contribution in [2.45, 2.75) is 12.8 Å². The number of anilines is 1. The average Bonchev–Trinajstić information content (AvgIpc) is 2.46. The number of nitro benzene ring substituents is 1. The molecule has 1 heterocycles. The zero-order valence-corrected chi connectivity index (χ0v) is 11.2. The van der Waals surface area contributed by atoms with Crippen molar-refractivity contribution in [2.75, 3.05) is 18.0 Å². The molecular weight excluding hydrogens is 278 g/mol. The first-order chi connectivity index (χ1) is 9.90. The van der Waals surface area contributed by atoms with Crippen LogP contribution in [0.4, 0.5) is 11.4 Å². The average molecular weight is 293 g/mol. The Labute approximate surface area is 120 Å². The van der Waals surface area contributed by atoms with Crippen molar-refractivity contribution in [1.29, 1.82) is 0 Å². The van der Waals surface area contributed by atoms with Gasteiger partial charge in [0, 0.05) is 24.7 Å². The zero-order valence-electron chi connectivity index (χ0n) is 11.2. The Morgan fingerprint density at radius 1 is 1.33 bits per heavy atom. The first-order valence-electron chi connectivity index (χ1n) is 6.46. The molecule has 0 unspecified atom stereocenters. The fraction of sp³-hybridized carbons (Fsp3) is 0.385. The van der Waals surface area contributed by atoms with Crippen LogP contribution in [0, 0.1) is 16.0 Å². The number of nitrogens with two attached hydrogens (primary N) is 1. The number of amides is 1. The molecule has 1 amide bonds. The van der Waals surface area contributed by atoms with E-state index in [1.54, 1.807) is 4.90 Å². The van der Waals surface area contributed by atoms with Gasteiger partial charge in [0.15, 0.2) is 0 Å². The molecule has 8 heteroatoms. The smallest absolute Gasteiger partial charge is 0.306 e. The molecule has 21 heavy (non-hydrogen) atoms. The number of benzene rings is 1. The van der Waals surface area contributed by atoms with E-state index in [0.717, 1.165) is 6.07 Å². The summed E-state index contributed by atoms with van der Waals surface area (Å²) in [5, 5.41) is 20.1. The second-order valence-corrected chi connectivity index (χ2v) is 4.92. The van der Waals surface area contributed by atoms with Crippen molar-refractivity contribution in [2.24, 2.45) is 11.7 Å². The Bertz CT molecular complexity index is 593. The van der Waals surface area contributed by atoms with Gasteiger partial charge in [0.05, 0.1) is 10.8 Å². The lowest BCUT2D eigenvalue weighted by atomic mass is 9.96. The summed E-state index contributed by atoms with van der Waals surface area (Å²) < 4.78 is 0. The van der Waals surface area contributed by atoms with Crippen LogP contribution in [0.5, 0.6) is 0 Å². The summed E-state index contributed by atoms with van der Waals surface area (Å²) in [6.07, 6.45) is 0.869. The molecule has 1 aromatic carbocycles. The Morgan fingerprint density at radius 2 is 1.95 bits per heavy atom. The van der Waals surface area contributed by atoms with E-state index in [4.69, 9.17) is 10.8 Å². The normalized spacial score (nSPS) is 15.7. The number of aliphatic carboxylic acids is 1. The predicted octanol–water partition coefficient (Wildman–Crippen LogP) is 0.995. The third-order valence-electron chi connectivity index (χ3n) is 3.64. The third-order valence-corrected chi connectivity index (χ3v) is 3.64. The minimum Gasteiger partial charge on any atom is -0.481 e. The standard InChI is InChI=1S/C13H15N3O5/c14-12(17)9-1-2-10(11(7-9)16(20)21)15-5-3-8(4-6-15)13(18)19/h1-2,7-8H,3-6H2,(H2,14,17)(H,18,19). The van der Waals surface area contributed by atoms with Crippen molar-refractivity contribution >= 4 is 23.3 Å². The number of primary amides is 1. The number of hydrogen-bond donors (Lipinski definition) is 2. The number of carbonyl (C=O) groups excluding carboxylic acids is 1. The molecular formula is C13H15N3O5. The van der Waals surface area contributed by atoms with E-state index in [2.05, 4.69) is 0 Å². The lowest BCUT2D eigenvalue weighted by molar-refractivity contribution is -0.384. The van der Waals surface area contributed by atoms with E-state index in [1.165, 1.54) is 12.1 Å². The molecule has 112 valence electrons.